The number of nitrogens with zero attached hydrogens (tertiary/aromatic N) is 1. The van der Waals surface area contributed by atoms with Crippen molar-refractivity contribution in [2.45, 2.75) is 18.2 Å². The van der Waals surface area contributed by atoms with Crippen LogP contribution in [0.25, 0.3) is 0 Å². The van der Waals surface area contributed by atoms with Crippen molar-refractivity contribution in [3.63, 3.8) is 0 Å². The third-order valence-electron chi connectivity index (χ3n) is 2.16. The Labute approximate surface area is 99.2 Å². The number of aliphatic hydroxyl groups excluding tert-OH is 1. The number of pyridine rings is 1. The molecular formula is C10H15ClN2OS. The smallest absolute Gasteiger partial charge is 0.144 e. The molecule has 0 aliphatic heterocycles. The van der Waals surface area contributed by atoms with Gasteiger partial charge in [-0.2, -0.15) is 11.8 Å². The fraction of sp³-hybridized carbons (Fsp3) is 0.500. The normalized spacial score (nSPS) is 14.7. The van der Waals surface area contributed by atoms with E-state index in [1.54, 1.807) is 30.1 Å². The van der Waals surface area contributed by atoms with Crippen molar-refractivity contribution in [2.75, 3.05) is 18.2 Å². The standard InChI is InChI=1S/C10H15ClN2OS/c1-7(9(6-14)15-2)13-10-8(11)4-3-5-12-10/h3-5,7,9,14H,6H2,1-2H3,(H,12,13). The molecule has 5 heteroatoms. The van der Waals surface area contributed by atoms with Crippen LogP contribution in [0.1, 0.15) is 6.92 Å². The van der Waals surface area contributed by atoms with Crippen LogP contribution < -0.4 is 5.32 Å². The zero-order chi connectivity index (χ0) is 11.3. The molecule has 84 valence electrons. The third kappa shape index (κ3) is 3.55. The van der Waals surface area contributed by atoms with E-state index in [0.717, 1.165) is 0 Å². The minimum atomic E-state index is 0.123. The van der Waals surface area contributed by atoms with Crippen LogP contribution in [0.5, 0.6) is 0 Å². The first kappa shape index (κ1) is 12.6. The number of halogens is 1. The van der Waals surface area contributed by atoms with Gasteiger partial charge in [-0.1, -0.05) is 11.6 Å². The Morgan fingerprint density at radius 1 is 1.67 bits per heavy atom. The molecule has 0 aromatic carbocycles. The number of aromatic nitrogens is 1. The largest absolute Gasteiger partial charge is 0.395 e. The van der Waals surface area contributed by atoms with Gasteiger partial charge in [0.1, 0.15) is 5.82 Å². The highest BCUT2D eigenvalue weighted by Gasteiger charge is 2.16. The highest BCUT2D eigenvalue weighted by Crippen LogP contribution is 2.21. The van der Waals surface area contributed by atoms with Gasteiger partial charge in [-0.15, -0.1) is 0 Å². The number of thioether (sulfide) groups is 1. The Morgan fingerprint density at radius 3 is 2.93 bits per heavy atom. The molecule has 3 nitrogen and oxygen atoms in total. The van der Waals surface area contributed by atoms with Gasteiger partial charge in [0.05, 0.1) is 11.6 Å². The number of anilines is 1. The molecule has 2 unspecified atom stereocenters. The van der Waals surface area contributed by atoms with E-state index < -0.39 is 0 Å². The molecule has 15 heavy (non-hydrogen) atoms. The van der Waals surface area contributed by atoms with E-state index in [9.17, 15) is 0 Å². The van der Waals surface area contributed by atoms with Crippen LogP contribution in [0.4, 0.5) is 5.82 Å². The summed E-state index contributed by atoms with van der Waals surface area (Å²) in [4.78, 5) is 4.14. The molecule has 2 N–H and O–H groups in total. The SMILES string of the molecule is CSC(CO)C(C)Nc1ncccc1Cl. The molecule has 2 atom stereocenters. The van der Waals surface area contributed by atoms with E-state index in [0.29, 0.717) is 10.8 Å². The van der Waals surface area contributed by atoms with E-state index in [2.05, 4.69) is 10.3 Å². The van der Waals surface area contributed by atoms with Crippen molar-refractivity contribution in [2.24, 2.45) is 0 Å². The third-order valence-corrected chi connectivity index (χ3v) is 3.63. The lowest BCUT2D eigenvalue weighted by Gasteiger charge is -2.22. The molecule has 0 saturated carbocycles. The Kier molecular flexibility index (Phi) is 5.22. The molecule has 0 aliphatic rings. The zero-order valence-corrected chi connectivity index (χ0v) is 10.3. The molecule has 0 radical (unpaired) electrons. The predicted octanol–water partition coefficient (Wildman–Crippen LogP) is 2.26. The first-order chi connectivity index (χ1) is 7.19. The summed E-state index contributed by atoms with van der Waals surface area (Å²) >= 11 is 7.58. The van der Waals surface area contributed by atoms with Crippen LogP contribution in [0, 0.1) is 0 Å². The molecule has 1 heterocycles. The van der Waals surface area contributed by atoms with Gasteiger partial charge >= 0.3 is 0 Å². The Hall–Kier alpha value is -0.450. The molecule has 0 spiro atoms. The van der Waals surface area contributed by atoms with Crippen LogP contribution in [0.3, 0.4) is 0 Å². The van der Waals surface area contributed by atoms with Gasteiger partial charge in [-0.3, -0.25) is 0 Å². The lowest BCUT2D eigenvalue weighted by Crippen LogP contribution is -2.31. The second-order valence-corrected chi connectivity index (χ2v) is 4.71. The van der Waals surface area contributed by atoms with Crippen LogP contribution >= 0.6 is 23.4 Å². The first-order valence-electron chi connectivity index (χ1n) is 4.69. The summed E-state index contributed by atoms with van der Waals surface area (Å²) in [5.74, 6) is 0.666. The van der Waals surface area contributed by atoms with E-state index in [-0.39, 0.29) is 17.9 Å². The molecule has 1 rings (SSSR count). The van der Waals surface area contributed by atoms with Gasteiger partial charge in [-0.05, 0) is 25.3 Å². The molecule has 0 saturated heterocycles. The average Bonchev–Trinajstić information content (AvgIpc) is 2.23. The highest BCUT2D eigenvalue weighted by molar-refractivity contribution is 7.99. The van der Waals surface area contributed by atoms with E-state index in [4.69, 9.17) is 16.7 Å². The molecule has 1 aromatic heterocycles. The Bertz CT molecular complexity index is 307. The van der Waals surface area contributed by atoms with Crippen molar-refractivity contribution >= 4 is 29.2 Å². The fourth-order valence-electron chi connectivity index (χ4n) is 1.24. The minimum Gasteiger partial charge on any atom is -0.395 e. The second kappa shape index (κ2) is 6.20. The van der Waals surface area contributed by atoms with Crippen LogP contribution in [-0.4, -0.2) is 34.2 Å². The molecular weight excluding hydrogens is 232 g/mol. The number of nitrogens with one attached hydrogen (secondary N) is 1. The second-order valence-electron chi connectivity index (χ2n) is 3.22. The maximum absolute atomic E-state index is 9.13. The van der Waals surface area contributed by atoms with Gasteiger partial charge in [0.25, 0.3) is 0 Å². The van der Waals surface area contributed by atoms with Crippen LogP contribution in [0.2, 0.25) is 5.02 Å². The summed E-state index contributed by atoms with van der Waals surface area (Å²) in [6.07, 6.45) is 3.66. The van der Waals surface area contributed by atoms with Gasteiger partial charge in [-0.25, -0.2) is 4.98 Å². The monoisotopic (exact) mass is 246 g/mol. The topological polar surface area (TPSA) is 45.1 Å². The predicted molar refractivity (Wildman–Crippen MR) is 66.7 cm³/mol. The van der Waals surface area contributed by atoms with E-state index >= 15 is 0 Å². The van der Waals surface area contributed by atoms with E-state index in [1.165, 1.54) is 0 Å². The molecule has 0 aliphatic carbocycles. The first-order valence-corrected chi connectivity index (χ1v) is 6.36. The van der Waals surface area contributed by atoms with Crippen molar-refractivity contribution in [1.29, 1.82) is 0 Å². The number of hydrogen-bond donors (Lipinski definition) is 2. The van der Waals surface area contributed by atoms with Gasteiger partial charge in [0.2, 0.25) is 0 Å². The van der Waals surface area contributed by atoms with Crippen LogP contribution in [0.15, 0.2) is 18.3 Å². The van der Waals surface area contributed by atoms with Crippen LogP contribution in [-0.2, 0) is 0 Å². The lowest BCUT2D eigenvalue weighted by molar-refractivity contribution is 0.288. The quantitative estimate of drug-likeness (QED) is 0.837. The summed E-state index contributed by atoms with van der Waals surface area (Å²) in [6.45, 7) is 2.14. The summed E-state index contributed by atoms with van der Waals surface area (Å²) < 4.78 is 0. The summed E-state index contributed by atoms with van der Waals surface area (Å²) in [6, 6.07) is 3.70. The maximum atomic E-state index is 9.13. The average molecular weight is 247 g/mol. The summed E-state index contributed by atoms with van der Waals surface area (Å²) in [5, 5.41) is 13.1. The van der Waals surface area contributed by atoms with E-state index in [1.807, 2.05) is 13.2 Å². The lowest BCUT2D eigenvalue weighted by atomic mass is 10.2. The maximum Gasteiger partial charge on any atom is 0.144 e. The minimum absolute atomic E-state index is 0.123. The van der Waals surface area contributed by atoms with Gasteiger partial charge in [0, 0.05) is 17.5 Å². The molecule has 0 amide bonds. The van der Waals surface area contributed by atoms with Crippen molar-refractivity contribution < 1.29 is 5.11 Å². The number of rotatable bonds is 5. The van der Waals surface area contributed by atoms with Gasteiger partial charge in [0.15, 0.2) is 0 Å². The Balaban J connectivity index is 2.65. The molecule has 0 bridgehead atoms. The Morgan fingerprint density at radius 2 is 2.40 bits per heavy atom. The molecule has 1 aromatic rings. The summed E-state index contributed by atoms with van der Waals surface area (Å²) in [5.41, 5.74) is 0. The van der Waals surface area contributed by atoms with Gasteiger partial charge < -0.3 is 10.4 Å². The van der Waals surface area contributed by atoms with Crippen molar-refractivity contribution in [3.05, 3.63) is 23.4 Å². The molecule has 0 fully saturated rings. The number of aliphatic hydroxyl groups is 1. The zero-order valence-electron chi connectivity index (χ0n) is 8.77. The number of hydrogen-bond acceptors (Lipinski definition) is 4. The fourth-order valence-corrected chi connectivity index (χ4v) is 2.04. The summed E-state index contributed by atoms with van der Waals surface area (Å²) in [7, 11) is 0. The van der Waals surface area contributed by atoms with Crippen molar-refractivity contribution in [1.82, 2.24) is 4.98 Å². The highest BCUT2D eigenvalue weighted by atomic mass is 35.5. The van der Waals surface area contributed by atoms with Crippen molar-refractivity contribution in [3.8, 4) is 0 Å².